The number of anilines is 3. The van der Waals surface area contributed by atoms with E-state index in [4.69, 9.17) is 9.47 Å². The second-order valence-electron chi connectivity index (χ2n) is 7.94. The zero-order chi connectivity index (χ0) is 22.5. The number of nitrogens with one attached hydrogen (secondary N) is 1. The maximum atomic E-state index is 12.4. The van der Waals surface area contributed by atoms with Gasteiger partial charge >= 0.3 is 6.09 Å². The molecule has 4 rings (SSSR count). The van der Waals surface area contributed by atoms with Gasteiger partial charge in [0.05, 0.1) is 25.1 Å². The molecule has 7 heteroatoms. The van der Waals surface area contributed by atoms with E-state index >= 15 is 0 Å². The number of aryl methyl sites for hydroxylation is 1. The maximum absolute atomic E-state index is 12.4. The quantitative estimate of drug-likeness (QED) is 0.637. The highest BCUT2D eigenvalue weighted by Crippen LogP contribution is 2.29. The Morgan fingerprint density at radius 1 is 1.06 bits per heavy atom. The van der Waals surface area contributed by atoms with Crippen LogP contribution in [0.5, 0.6) is 5.75 Å². The van der Waals surface area contributed by atoms with E-state index in [2.05, 4.69) is 44.4 Å². The van der Waals surface area contributed by atoms with E-state index in [-0.39, 0.29) is 0 Å². The molecule has 1 fully saturated rings. The minimum absolute atomic E-state index is 0.484. The number of hydrogen-bond donors (Lipinski definition) is 1. The summed E-state index contributed by atoms with van der Waals surface area (Å²) in [6.45, 7) is 5.07. The van der Waals surface area contributed by atoms with Gasteiger partial charge in [0.15, 0.2) is 0 Å². The number of ether oxygens (including phenoxy) is 2. The highest BCUT2D eigenvalue weighted by Gasteiger charge is 2.13. The van der Waals surface area contributed by atoms with Crippen LogP contribution in [-0.2, 0) is 4.74 Å². The molecule has 0 atom stereocenters. The zero-order valence-corrected chi connectivity index (χ0v) is 18.7. The Morgan fingerprint density at radius 3 is 2.47 bits per heavy atom. The Balaban J connectivity index is 1.41. The number of aromatic nitrogens is 1. The Hall–Kier alpha value is -3.58. The lowest BCUT2D eigenvalue weighted by Gasteiger charge is -2.27. The van der Waals surface area contributed by atoms with Gasteiger partial charge in [-0.1, -0.05) is 18.2 Å². The minimum Gasteiger partial charge on any atom is -0.410 e. The molecule has 0 saturated carbocycles. The first-order chi connectivity index (χ1) is 15.5. The Bertz CT molecular complexity index is 1060. The lowest BCUT2D eigenvalue weighted by atomic mass is 10.00. The van der Waals surface area contributed by atoms with Gasteiger partial charge in [-0.05, 0) is 60.0 Å². The first kappa shape index (κ1) is 21.6. The molecule has 0 radical (unpaired) electrons. The first-order valence-corrected chi connectivity index (χ1v) is 10.7. The maximum Gasteiger partial charge on any atom is 0.417 e. The standard InChI is InChI=1S/C25H28N4O3/c1-18-4-10-22(16-23(18)19-5-8-21(9-6-19)28(2)3)32-25(30)27-20-7-11-24(26-17-20)29-12-14-31-15-13-29/h4-11,16-17H,12-15H2,1-3H3,(H,27,30). The van der Waals surface area contributed by atoms with Gasteiger partial charge in [0.25, 0.3) is 0 Å². The molecule has 0 unspecified atom stereocenters. The van der Waals surface area contributed by atoms with Crippen molar-refractivity contribution in [2.45, 2.75) is 6.92 Å². The zero-order valence-electron chi connectivity index (χ0n) is 18.7. The lowest BCUT2D eigenvalue weighted by molar-refractivity contribution is 0.122. The second-order valence-corrected chi connectivity index (χ2v) is 7.94. The summed E-state index contributed by atoms with van der Waals surface area (Å²) in [5.41, 5.74) is 4.92. The van der Waals surface area contributed by atoms with Crippen LogP contribution in [0.2, 0.25) is 0 Å². The first-order valence-electron chi connectivity index (χ1n) is 10.7. The number of benzene rings is 2. The van der Waals surface area contributed by atoms with E-state index in [1.807, 2.05) is 45.3 Å². The lowest BCUT2D eigenvalue weighted by Crippen LogP contribution is -2.36. The molecule has 1 aromatic heterocycles. The number of amides is 1. The third kappa shape index (κ3) is 5.18. The number of morpholine rings is 1. The highest BCUT2D eigenvalue weighted by atomic mass is 16.6. The van der Waals surface area contributed by atoms with Crippen molar-refractivity contribution < 1.29 is 14.3 Å². The SMILES string of the molecule is Cc1ccc(OC(=O)Nc2ccc(N3CCOCC3)nc2)cc1-c1ccc(N(C)C)cc1. The van der Waals surface area contributed by atoms with Crippen LogP contribution in [0, 0.1) is 6.92 Å². The molecule has 1 N–H and O–H groups in total. The van der Waals surface area contributed by atoms with Crippen LogP contribution in [0.4, 0.5) is 22.0 Å². The summed E-state index contributed by atoms with van der Waals surface area (Å²) in [5.74, 6) is 1.35. The molecular formula is C25H28N4O3. The fraction of sp³-hybridized carbons (Fsp3) is 0.280. The predicted octanol–water partition coefficient (Wildman–Crippen LogP) is 4.57. The molecule has 32 heavy (non-hydrogen) atoms. The van der Waals surface area contributed by atoms with E-state index in [1.54, 1.807) is 12.3 Å². The van der Waals surface area contributed by atoms with Gasteiger partial charge in [0.1, 0.15) is 11.6 Å². The smallest absolute Gasteiger partial charge is 0.410 e. The van der Waals surface area contributed by atoms with Crippen LogP contribution in [0.15, 0.2) is 60.8 Å². The summed E-state index contributed by atoms with van der Waals surface area (Å²) >= 11 is 0. The summed E-state index contributed by atoms with van der Waals surface area (Å²) in [7, 11) is 4.03. The summed E-state index contributed by atoms with van der Waals surface area (Å²) in [6.07, 6.45) is 1.09. The van der Waals surface area contributed by atoms with E-state index < -0.39 is 6.09 Å². The van der Waals surface area contributed by atoms with Crippen LogP contribution >= 0.6 is 0 Å². The van der Waals surface area contributed by atoms with Gasteiger partial charge in [0.2, 0.25) is 0 Å². The average Bonchev–Trinajstić information content (AvgIpc) is 2.81. The molecule has 2 aromatic carbocycles. The molecule has 2 heterocycles. The summed E-state index contributed by atoms with van der Waals surface area (Å²) in [4.78, 5) is 21.1. The van der Waals surface area contributed by atoms with Crippen molar-refractivity contribution in [3.05, 3.63) is 66.4 Å². The summed E-state index contributed by atoms with van der Waals surface area (Å²) in [5, 5.41) is 2.74. The average molecular weight is 433 g/mol. The number of pyridine rings is 1. The second kappa shape index (κ2) is 9.70. The van der Waals surface area contributed by atoms with Crippen LogP contribution in [0.1, 0.15) is 5.56 Å². The van der Waals surface area contributed by atoms with Crippen LogP contribution in [0.3, 0.4) is 0 Å². The molecule has 0 aliphatic carbocycles. The van der Waals surface area contributed by atoms with Gasteiger partial charge in [-0.15, -0.1) is 0 Å². The van der Waals surface area contributed by atoms with E-state index in [9.17, 15) is 4.79 Å². The van der Waals surface area contributed by atoms with Crippen molar-refractivity contribution >= 4 is 23.3 Å². The van der Waals surface area contributed by atoms with Crippen molar-refractivity contribution in [2.24, 2.45) is 0 Å². The van der Waals surface area contributed by atoms with Gasteiger partial charge in [-0.25, -0.2) is 9.78 Å². The van der Waals surface area contributed by atoms with Crippen LogP contribution in [-0.4, -0.2) is 51.5 Å². The molecule has 1 aliphatic heterocycles. The van der Waals surface area contributed by atoms with E-state index in [0.29, 0.717) is 24.7 Å². The highest BCUT2D eigenvalue weighted by molar-refractivity contribution is 5.86. The van der Waals surface area contributed by atoms with Crippen molar-refractivity contribution in [3.8, 4) is 16.9 Å². The van der Waals surface area contributed by atoms with Gasteiger partial charge in [-0.2, -0.15) is 0 Å². The predicted molar refractivity (Wildman–Crippen MR) is 128 cm³/mol. The number of rotatable bonds is 5. The van der Waals surface area contributed by atoms with Crippen LogP contribution in [0.25, 0.3) is 11.1 Å². The number of hydrogen-bond acceptors (Lipinski definition) is 6. The third-order valence-electron chi connectivity index (χ3n) is 5.44. The number of carbonyl (C=O) groups excluding carboxylic acids is 1. The Labute approximate surface area is 188 Å². The van der Waals surface area contributed by atoms with Gasteiger partial charge in [0, 0.05) is 32.9 Å². The molecule has 3 aromatic rings. The topological polar surface area (TPSA) is 66.9 Å². The van der Waals surface area contributed by atoms with E-state index in [1.165, 1.54) is 0 Å². The van der Waals surface area contributed by atoms with Crippen LogP contribution < -0.4 is 19.9 Å². The van der Waals surface area contributed by atoms with Gasteiger partial charge < -0.3 is 19.3 Å². The van der Waals surface area contributed by atoms with E-state index in [0.717, 1.165) is 41.3 Å². The van der Waals surface area contributed by atoms with Crippen molar-refractivity contribution in [1.29, 1.82) is 0 Å². The third-order valence-corrected chi connectivity index (χ3v) is 5.44. The molecule has 7 nitrogen and oxygen atoms in total. The Morgan fingerprint density at radius 2 is 1.81 bits per heavy atom. The minimum atomic E-state index is -0.552. The number of nitrogens with zero attached hydrogens (tertiary/aromatic N) is 3. The number of carbonyl (C=O) groups is 1. The summed E-state index contributed by atoms with van der Waals surface area (Å²) in [6, 6.07) is 17.6. The molecular weight excluding hydrogens is 404 g/mol. The summed E-state index contributed by atoms with van der Waals surface area (Å²) < 4.78 is 10.9. The fourth-order valence-corrected chi connectivity index (χ4v) is 3.60. The van der Waals surface area contributed by atoms with Crippen molar-refractivity contribution in [2.75, 3.05) is 55.5 Å². The van der Waals surface area contributed by atoms with Gasteiger partial charge in [-0.3, -0.25) is 5.32 Å². The molecule has 1 aliphatic rings. The largest absolute Gasteiger partial charge is 0.417 e. The molecule has 166 valence electrons. The van der Waals surface area contributed by atoms with Crippen molar-refractivity contribution in [3.63, 3.8) is 0 Å². The molecule has 1 saturated heterocycles. The molecule has 0 bridgehead atoms. The fourth-order valence-electron chi connectivity index (χ4n) is 3.60. The molecule has 1 amide bonds. The van der Waals surface area contributed by atoms with Crippen molar-refractivity contribution in [1.82, 2.24) is 4.98 Å². The Kier molecular flexibility index (Phi) is 6.56. The molecule has 0 spiro atoms. The monoisotopic (exact) mass is 432 g/mol. The normalized spacial score (nSPS) is 13.5.